The maximum Gasteiger partial charge on any atom is 0.408 e. The molecule has 2 fully saturated rings. The lowest BCUT2D eigenvalue weighted by Crippen LogP contribution is -2.57. The minimum Gasteiger partial charge on any atom is -0.467 e. The number of allylic oxidation sites excluding steroid dienone is 2. The molecule has 1 saturated heterocycles. The summed E-state index contributed by atoms with van der Waals surface area (Å²) in [5.41, 5.74) is -0.807. The number of fused-ring (bicyclic) bond motifs is 1. The minimum absolute atomic E-state index is 0.0246. The van der Waals surface area contributed by atoms with Gasteiger partial charge in [0, 0.05) is 6.54 Å². The third-order valence-corrected chi connectivity index (χ3v) is 7.85. The average Bonchev–Trinajstić information content (AvgIpc) is 3.17. The van der Waals surface area contributed by atoms with Gasteiger partial charge >= 0.3 is 12.1 Å². The molecule has 0 bridgehead atoms. The molecule has 9 heteroatoms. The maximum absolute atomic E-state index is 13.9. The molecule has 5 atom stereocenters. The van der Waals surface area contributed by atoms with Crippen molar-refractivity contribution in [3.8, 4) is 0 Å². The van der Waals surface area contributed by atoms with Crippen LogP contribution in [0.3, 0.4) is 0 Å². The van der Waals surface area contributed by atoms with Crippen molar-refractivity contribution in [3.63, 3.8) is 0 Å². The number of hydrogen-bond donors (Lipinski definition) is 2. The molecule has 0 spiro atoms. The third kappa shape index (κ3) is 8.83. The SMILES string of the molecule is C=CCCCC[C@H](NC(=O)[C@@H]1C2[C@H](CN1C(=O)[C@H](CCCCC=C)NC(=O)OC(C)(C)C)C2(C)C)C(=O)OC. The summed E-state index contributed by atoms with van der Waals surface area (Å²) in [4.78, 5) is 54.2. The van der Waals surface area contributed by atoms with Crippen molar-refractivity contribution in [3.05, 3.63) is 25.3 Å². The normalized spacial score (nSPS) is 22.6. The second-order valence-electron chi connectivity index (χ2n) is 12.3. The highest BCUT2D eigenvalue weighted by atomic mass is 16.6. The van der Waals surface area contributed by atoms with Gasteiger partial charge in [-0.05, 0) is 76.5 Å². The first-order valence-electron chi connectivity index (χ1n) is 14.2. The number of nitrogens with zero attached hydrogens (tertiary/aromatic N) is 1. The summed E-state index contributed by atoms with van der Waals surface area (Å²) in [6, 6.07) is -2.34. The van der Waals surface area contributed by atoms with Crippen molar-refractivity contribution in [2.45, 2.75) is 110 Å². The topological polar surface area (TPSA) is 114 Å². The molecule has 3 amide bonds. The minimum atomic E-state index is -0.823. The van der Waals surface area contributed by atoms with E-state index in [0.717, 1.165) is 32.1 Å². The number of piperidine rings is 1. The van der Waals surface area contributed by atoms with Crippen LogP contribution in [0.1, 0.15) is 86.0 Å². The van der Waals surface area contributed by atoms with E-state index in [1.165, 1.54) is 7.11 Å². The lowest BCUT2D eigenvalue weighted by Gasteiger charge is -2.34. The summed E-state index contributed by atoms with van der Waals surface area (Å²) in [5.74, 6) is -1.02. The zero-order valence-corrected chi connectivity index (χ0v) is 24.7. The molecular weight excluding hydrogens is 498 g/mol. The summed E-state index contributed by atoms with van der Waals surface area (Å²) >= 11 is 0. The molecule has 1 aliphatic heterocycles. The molecule has 2 aliphatic rings. The van der Waals surface area contributed by atoms with Gasteiger partial charge in [0.15, 0.2) is 0 Å². The number of ether oxygens (including phenoxy) is 2. The van der Waals surface area contributed by atoms with Gasteiger partial charge < -0.3 is 25.0 Å². The fourth-order valence-corrected chi connectivity index (χ4v) is 5.64. The standard InChI is InChI=1S/C30H49N3O6/c1-9-11-13-15-17-21(32-28(37)39-29(3,4)5)26(35)33-19-20-23(30(20,6)7)24(33)25(34)31-22(27(36)38-8)18-16-14-12-10-2/h9-10,20-24H,1-2,11-19H2,3-8H3,(H,31,34)(H,32,37)/t20-,21-,22-,23?,24-/m0/s1. The fourth-order valence-electron chi connectivity index (χ4n) is 5.64. The Morgan fingerprint density at radius 1 is 0.974 bits per heavy atom. The van der Waals surface area contributed by atoms with Crippen LogP contribution in [-0.4, -0.2) is 66.2 Å². The molecule has 39 heavy (non-hydrogen) atoms. The van der Waals surface area contributed by atoms with Gasteiger partial charge in [-0.25, -0.2) is 9.59 Å². The number of unbranched alkanes of at least 4 members (excludes halogenated alkanes) is 4. The van der Waals surface area contributed by atoms with Crippen molar-refractivity contribution in [1.29, 1.82) is 0 Å². The summed E-state index contributed by atoms with van der Waals surface area (Å²) in [6.45, 7) is 17.4. The van der Waals surface area contributed by atoms with Crippen molar-refractivity contribution in [2.24, 2.45) is 17.3 Å². The highest BCUT2D eigenvalue weighted by Gasteiger charge is 2.69. The maximum atomic E-state index is 13.9. The highest BCUT2D eigenvalue weighted by molar-refractivity contribution is 5.94. The van der Waals surface area contributed by atoms with Crippen LogP contribution in [0.5, 0.6) is 0 Å². The van der Waals surface area contributed by atoms with Gasteiger partial charge in [0.25, 0.3) is 0 Å². The molecule has 2 N–H and O–H groups in total. The predicted molar refractivity (Wildman–Crippen MR) is 151 cm³/mol. The van der Waals surface area contributed by atoms with Gasteiger partial charge in [-0.3, -0.25) is 9.59 Å². The fraction of sp³-hybridized carbons (Fsp3) is 0.733. The number of carbonyl (C=O) groups excluding carboxylic acids is 4. The Hall–Kier alpha value is -2.84. The van der Waals surface area contributed by atoms with E-state index in [-0.39, 0.29) is 29.1 Å². The Kier molecular flexibility index (Phi) is 11.6. The van der Waals surface area contributed by atoms with Gasteiger partial charge in [-0.1, -0.05) is 38.8 Å². The molecular formula is C30H49N3O6. The number of methoxy groups -OCH3 is 1. The van der Waals surface area contributed by atoms with E-state index in [4.69, 9.17) is 9.47 Å². The molecule has 0 aromatic rings. The van der Waals surface area contributed by atoms with Crippen molar-refractivity contribution < 1.29 is 28.7 Å². The molecule has 1 heterocycles. The van der Waals surface area contributed by atoms with Crippen LogP contribution in [0.15, 0.2) is 25.3 Å². The van der Waals surface area contributed by atoms with Crippen LogP contribution < -0.4 is 10.6 Å². The van der Waals surface area contributed by atoms with E-state index in [2.05, 4.69) is 37.6 Å². The zero-order chi connectivity index (χ0) is 29.4. The van der Waals surface area contributed by atoms with E-state index in [0.29, 0.717) is 25.8 Å². The summed E-state index contributed by atoms with van der Waals surface area (Å²) in [5, 5.41) is 5.63. The van der Waals surface area contributed by atoms with Gasteiger partial charge in [0.05, 0.1) is 7.11 Å². The molecule has 0 aromatic carbocycles. The van der Waals surface area contributed by atoms with E-state index in [1.807, 2.05) is 12.2 Å². The molecule has 1 unspecified atom stereocenters. The lowest BCUT2D eigenvalue weighted by atomic mass is 9.98. The number of esters is 1. The first kappa shape index (κ1) is 32.4. The first-order valence-corrected chi connectivity index (χ1v) is 14.2. The quantitative estimate of drug-likeness (QED) is 0.177. The van der Waals surface area contributed by atoms with Gasteiger partial charge in [0.2, 0.25) is 11.8 Å². The largest absolute Gasteiger partial charge is 0.467 e. The Bertz CT molecular complexity index is 909. The van der Waals surface area contributed by atoms with Gasteiger partial charge in [-0.2, -0.15) is 0 Å². The number of alkyl carbamates (subject to hydrolysis) is 1. The molecule has 1 aliphatic carbocycles. The molecule has 0 radical (unpaired) electrons. The third-order valence-electron chi connectivity index (χ3n) is 7.85. The smallest absolute Gasteiger partial charge is 0.408 e. The average molecular weight is 548 g/mol. The highest BCUT2D eigenvalue weighted by Crippen LogP contribution is 2.64. The van der Waals surface area contributed by atoms with E-state index < -0.39 is 35.8 Å². The van der Waals surface area contributed by atoms with Crippen LogP contribution in [-0.2, 0) is 23.9 Å². The van der Waals surface area contributed by atoms with Crippen LogP contribution in [0, 0.1) is 17.3 Å². The van der Waals surface area contributed by atoms with E-state index in [1.54, 1.807) is 25.7 Å². The summed E-state index contributed by atoms with van der Waals surface area (Å²) in [7, 11) is 1.30. The summed E-state index contributed by atoms with van der Waals surface area (Å²) < 4.78 is 10.4. The van der Waals surface area contributed by atoms with Crippen molar-refractivity contribution in [2.75, 3.05) is 13.7 Å². The number of carbonyl (C=O) groups is 4. The summed E-state index contributed by atoms with van der Waals surface area (Å²) in [6.07, 6.45) is 8.58. The van der Waals surface area contributed by atoms with Crippen LogP contribution in [0.4, 0.5) is 4.79 Å². The Morgan fingerprint density at radius 2 is 1.54 bits per heavy atom. The Balaban J connectivity index is 2.22. The van der Waals surface area contributed by atoms with Crippen LogP contribution >= 0.6 is 0 Å². The second kappa shape index (κ2) is 14.0. The second-order valence-corrected chi connectivity index (χ2v) is 12.3. The van der Waals surface area contributed by atoms with Crippen molar-refractivity contribution in [1.82, 2.24) is 15.5 Å². The molecule has 9 nitrogen and oxygen atoms in total. The van der Waals surface area contributed by atoms with Crippen molar-refractivity contribution >= 4 is 23.9 Å². The van der Waals surface area contributed by atoms with Crippen LogP contribution in [0.25, 0.3) is 0 Å². The Morgan fingerprint density at radius 3 is 2.05 bits per heavy atom. The first-order chi connectivity index (χ1) is 18.3. The predicted octanol–water partition coefficient (Wildman–Crippen LogP) is 4.51. The number of rotatable bonds is 15. The Labute approximate surface area is 234 Å². The lowest BCUT2D eigenvalue weighted by molar-refractivity contribution is -0.147. The molecule has 2 rings (SSSR count). The monoisotopic (exact) mass is 547 g/mol. The number of hydrogen-bond acceptors (Lipinski definition) is 6. The number of likely N-dealkylation sites (tertiary alicyclic amines) is 1. The van der Waals surface area contributed by atoms with Crippen LogP contribution in [0.2, 0.25) is 0 Å². The van der Waals surface area contributed by atoms with Gasteiger partial charge in [-0.15, -0.1) is 13.2 Å². The van der Waals surface area contributed by atoms with E-state index >= 15 is 0 Å². The zero-order valence-electron chi connectivity index (χ0n) is 24.7. The van der Waals surface area contributed by atoms with Gasteiger partial charge in [0.1, 0.15) is 23.7 Å². The molecule has 0 aromatic heterocycles. The number of nitrogens with one attached hydrogen (secondary N) is 2. The molecule has 1 saturated carbocycles. The number of amides is 3. The molecule has 220 valence electrons. The van der Waals surface area contributed by atoms with E-state index in [9.17, 15) is 19.2 Å².